The predicted octanol–water partition coefficient (Wildman–Crippen LogP) is 5.61. The van der Waals surface area contributed by atoms with Crippen molar-refractivity contribution in [2.24, 2.45) is 0 Å². The van der Waals surface area contributed by atoms with Crippen molar-refractivity contribution < 1.29 is 0 Å². The number of benzene rings is 3. The molecule has 0 unspecified atom stereocenters. The van der Waals surface area contributed by atoms with Crippen LogP contribution in [0.4, 0.5) is 11.4 Å². The molecule has 4 heteroatoms. The van der Waals surface area contributed by atoms with Crippen LogP contribution in [0, 0.1) is 20.8 Å². The molecule has 0 bridgehead atoms. The average molecular weight is 409 g/mol. The van der Waals surface area contributed by atoms with Crippen molar-refractivity contribution >= 4 is 11.4 Å². The summed E-state index contributed by atoms with van der Waals surface area (Å²) in [5, 5.41) is 5.15. The molecule has 2 N–H and O–H groups in total. The molecule has 1 aromatic heterocycles. The van der Waals surface area contributed by atoms with Crippen LogP contribution < -0.4 is 10.6 Å². The number of nitrogens with two attached hydrogens (primary N) is 1. The Kier molecular flexibility index (Phi) is 4.78. The first-order valence-electron chi connectivity index (χ1n) is 10.9. The third kappa shape index (κ3) is 3.38. The summed E-state index contributed by atoms with van der Waals surface area (Å²) < 4.78 is 2.17. The van der Waals surface area contributed by atoms with E-state index in [1.165, 1.54) is 45.0 Å². The number of nitrogen functional groups attached to an aromatic ring is 1. The summed E-state index contributed by atoms with van der Waals surface area (Å²) in [5.74, 6) is 0. The van der Waals surface area contributed by atoms with Crippen LogP contribution in [0.25, 0.3) is 16.9 Å². The molecule has 0 saturated carbocycles. The summed E-state index contributed by atoms with van der Waals surface area (Å²) in [6.07, 6.45) is 0.934. The van der Waals surface area contributed by atoms with Crippen LogP contribution in [-0.2, 0) is 13.0 Å². The van der Waals surface area contributed by atoms with Crippen molar-refractivity contribution in [2.75, 3.05) is 17.2 Å². The highest BCUT2D eigenvalue weighted by Gasteiger charge is 2.27. The monoisotopic (exact) mass is 408 g/mol. The van der Waals surface area contributed by atoms with E-state index < -0.39 is 0 Å². The second-order valence-electron chi connectivity index (χ2n) is 8.51. The van der Waals surface area contributed by atoms with Crippen LogP contribution in [0.2, 0.25) is 0 Å². The zero-order valence-electron chi connectivity index (χ0n) is 18.4. The van der Waals surface area contributed by atoms with Crippen LogP contribution in [0.5, 0.6) is 0 Å². The minimum Gasteiger partial charge on any atom is -0.399 e. The Hall–Kier alpha value is -3.53. The van der Waals surface area contributed by atoms with Gasteiger partial charge in [-0.05, 0) is 55.7 Å². The van der Waals surface area contributed by atoms with Crippen molar-refractivity contribution in [3.05, 3.63) is 94.7 Å². The SMILES string of the molecule is Cc1ccccc1N1CCc2nn(-c3c(C)cccc3C)c(-c3ccc(N)cc3)c2C1. The van der Waals surface area contributed by atoms with Gasteiger partial charge in [0.2, 0.25) is 0 Å². The number of aryl methyl sites for hydroxylation is 3. The van der Waals surface area contributed by atoms with E-state index in [0.717, 1.165) is 30.8 Å². The molecule has 0 saturated heterocycles. The van der Waals surface area contributed by atoms with Crippen LogP contribution in [0.1, 0.15) is 27.9 Å². The standard InChI is InChI=1S/C27H28N4/c1-18-7-4-5-10-25(18)30-16-15-24-23(17-30)27(21-11-13-22(28)14-12-21)31(29-24)26-19(2)8-6-9-20(26)3/h4-14H,15-17,28H2,1-3H3. The summed E-state index contributed by atoms with van der Waals surface area (Å²) in [6, 6.07) is 23.3. The Morgan fingerprint density at radius 2 is 1.48 bits per heavy atom. The minimum atomic E-state index is 0.775. The number of nitrogens with zero attached hydrogens (tertiary/aromatic N) is 3. The van der Waals surface area contributed by atoms with Gasteiger partial charge in [-0.3, -0.25) is 0 Å². The molecule has 4 aromatic rings. The number of hydrogen-bond donors (Lipinski definition) is 1. The zero-order chi connectivity index (χ0) is 21.5. The second-order valence-corrected chi connectivity index (χ2v) is 8.51. The quantitative estimate of drug-likeness (QED) is 0.448. The first-order valence-corrected chi connectivity index (χ1v) is 10.9. The average Bonchev–Trinajstić information content (AvgIpc) is 3.13. The molecular weight excluding hydrogens is 380 g/mol. The Morgan fingerprint density at radius 3 is 2.19 bits per heavy atom. The molecule has 4 nitrogen and oxygen atoms in total. The van der Waals surface area contributed by atoms with Gasteiger partial charge in [-0.1, -0.05) is 48.5 Å². The van der Waals surface area contributed by atoms with Crippen LogP contribution in [0.15, 0.2) is 66.7 Å². The smallest absolute Gasteiger partial charge is 0.0794 e. The molecular formula is C27H28N4. The fourth-order valence-electron chi connectivity index (χ4n) is 4.74. The molecule has 0 atom stereocenters. The van der Waals surface area contributed by atoms with Gasteiger partial charge < -0.3 is 10.6 Å². The molecule has 0 radical (unpaired) electrons. The Labute approximate surface area is 183 Å². The van der Waals surface area contributed by atoms with Gasteiger partial charge in [0.25, 0.3) is 0 Å². The fraction of sp³-hybridized carbons (Fsp3) is 0.222. The third-order valence-corrected chi connectivity index (χ3v) is 6.33. The molecule has 5 rings (SSSR count). The lowest BCUT2D eigenvalue weighted by molar-refractivity contribution is 0.713. The van der Waals surface area contributed by atoms with Gasteiger partial charge in [-0.2, -0.15) is 5.10 Å². The van der Waals surface area contributed by atoms with Gasteiger partial charge in [0.05, 0.1) is 17.1 Å². The molecule has 3 aromatic carbocycles. The first-order chi connectivity index (χ1) is 15.0. The number of rotatable bonds is 3. The van der Waals surface area contributed by atoms with Crippen molar-refractivity contribution in [3.63, 3.8) is 0 Å². The molecule has 0 fully saturated rings. The maximum absolute atomic E-state index is 6.00. The third-order valence-electron chi connectivity index (χ3n) is 6.33. The van der Waals surface area contributed by atoms with E-state index in [1.807, 2.05) is 12.1 Å². The summed E-state index contributed by atoms with van der Waals surface area (Å²) in [7, 11) is 0. The van der Waals surface area contributed by atoms with Crippen molar-refractivity contribution in [1.82, 2.24) is 9.78 Å². The fourth-order valence-corrected chi connectivity index (χ4v) is 4.74. The first kappa shape index (κ1) is 19.4. The number of anilines is 2. The molecule has 2 heterocycles. The van der Waals surface area contributed by atoms with Gasteiger partial charge in [-0.15, -0.1) is 0 Å². The zero-order valence-corrected chi connectivity index (χ0v) is 18.4. The number of fused-ring (bicyclic) bond motifs is 1. The Balaban J connectivity index is 1.70. The summed E-state index contributed by atoms with van der Waals surface area (Å²) in [6.45, 7) is 8.34. The lowest BCUT2D eigenvalue weighted by atomic mass is 9.99. The number of hydrogen-bond acceptors (Lipinski definition) is 3. The van der Waals surface area contributed by atoms with Gasteiger partial charge in [0, 0.05) is 42.0 Å². The molecule has 0 aliphatic carbocycles. The summed E-state index contributed by atoms with van der Waals surface area (Å²) in [5.41, 5.74) is 17.8. The topological polar surface area (TPSA) is 47.1 Å². The number of para-hydroxylation sites is 2. The lowest BCUT2D eigenvalue weighted by Crippen LogP contribution is -2.30. The van der Waals surface area contributed by atoms with E-state index in [4.69, 9.17) is 10.8 Å². The molecule has 31 heavy (non-hydrogen) atoms. The van der Waals surface area contributed by atoms with E-state index in [9.17, 15) is 0 Å². The summed E-state index contributed by atoms with van der Waals surface area (Å²) >= 11 is 0. The second kappa shape index (κ2) is 7.62. The highest BCUT2D eigenvalue weighted by atomic mass is 15.3. The van der Waals surface area contributed by atoms with E-state index in [2.05, 4.69) is 85.0 Å². The Bertz CT molecular complexity index is 1230. The normalized spacial score (nSPS) is 13.3. The van der Waals surface area contributed by atoms with Gasteiger partial charge in [-0.25, -0.2) is 4.68 Å². The Morgan fingerprint density at radius 1 is 0.806 bits per heavy atom. The van der Waals surface area contributed by atoms with Gasteiger partial charge >= 0.3 is 0 Å². The van der Waals surface area contributed by atoms with Crippen LogP contribution >= 0.6 is 0 Å². The maximum atomic E-state index is 6.00. The maximum Gasteiger partial charge on any atom is 0.0794 e. The molecule has 0 spiro atoms. The van der Waals surface area contributed by atoms with Gasteiger partial charge in [0.1, 0.15) is 0 Å². The molecule has 0 amide bonds. The molecule has 1 aliphatic heterocycles. The van der Waals surface area contributed by atoms with E-state index in [-0.39, 0.29) is 0 Å². The highest BCUT2D eigenvalue weighted by molar-refractivity contribution is 5.71. The van der Waals surface area contributed by atoms with Crippen LogP contribution in [0.3, 0.4) is 0 Å². The van der Waals surface area contributed by atoms with Crippen LogP contribution in [-0.4, -0.2) is 16.3 Å². The molecule has 156 valence electrons. The highest BCUT2D eigenvalue weighted by Crippen LogP contribution is 2.36. The largest absolute Gasteiger partial charge is 0.399 e. The van der Waals surface area contributed by atoms with Crippen molar-refractivity contribution in [3.8, 4) is 16.9 Å². The lowest BCUT2D eigenvalue weighted by Gasteiger charge is -2.30. The molecule has 1 aliphatic rings. The van der Waals surface area contributed by atoms with Crippen molar-refractivity contribution in [1.29, 1.82) is 0 Å². The minimum absolute atomic E-state index is 0.775. The van der Waals surface area contributed by atoms with Crippen molar-refractivity contribution in [2.45, 2.75) is 33.7 Å². The predicted molar refractivity (Wildman–Crippen MR) is 129 cm³/mol. The number of aromatic nitrogens is 2. The summed E-state index contributed by atoms with van der Waals surface area (Å²) in [4.78, 5) is 2.48. The van der Waals surface area contributed by atoms with E-state index >= 15 is 0 Å². The van der Waals surface area contributed by atoms with E-state index in [1.54, 1.807) is 0 Å². The van der Waals surface area contributed by atoms with E-state index in [0.29, 0.717) is 0 Å². The van der Waals surface area contributed by atoms with Gasteiger partial charge in [0.15, 0.2) is 0 Å².